The monoisotopic (exact) mass is 333 g/mol. The molecule has 0 spiro atoms. The number of rotatable bonds is 6. The Labute approximate surface area is 141 Å². The van der Waals surface area contributed by atoms with Gasteiger partial charge >= 0.3 is 6.03 Å². The summed E-state index contributed by atoms with van der Waals surface area (Å²) in [7, 11) is 0. The lowest BCUT2D eigenvalue weighted by molar-refractivity contribution is 0.235. The van der Waals surface area contributed by atoms with Crippen LogP contribution in [0.15, 0.2) is 29.6 Å². The van der Waals surface area contributed by atoms with E-state index >= 15 is 0 Å². The standard InChI is InChI=1S/C17H23N3O2S/c1-5-22-15-8-6-7-14(9-15)12(3)19-17(21)20-13(4)16-18-11(2)10-23-16/h6-10,12-13H,5H2,1-4H3,(H2,19,20,21). The number of aryl methyl sites for hydroxylation is 1. The van der Waals surface area contributed by atoms with Gasteiger partial charge in [0.2, 0.25) is 0 Å². The van der Waals surface area contributed by atoms with Gasteiger partial charge in [-0.15, -0.1) is 11.3 Å². The predicted octanol–water partition coefficient (Wildman–Crippen LogP) is 3.97. The molecule has 0 aliphatic heterocycles. The minimum absolute atomic E-state index is 0.111. The van der Waals surface area contributed by atoms with Gasteiger partial charge in [-0.2, -0.15) is 0 Å². The summed E-state index contributed by atoms with van der Waals surface area (Å²) in [5, 5.41) is 8.75. The van der Waals surface area contributed by atoms with Crippen molar-refractivity contribution in [2.24, 2.45) is 0 Å². The first-order valence-corrected chi connectivity index (χ1v) is 8.59. The second kappa shape index (κ2) is 7.97. The molecule has 0 saturated heterocycles. The topological polar surface area (TPSA) is 63.2 Å². The van der Waals surface area contributed by atoms with Crippen molar-refractivity contribution in [3.05, 3.63) is 45.9 Å². The number of ether oxygens (including phenoxy) is 1. The highest BCUT2D eigenvalue weighted by Crippen LogP contribution is 2.20. The number of carbonyl (C=O) groups is 1. The number of nitrogens with one attached hydrogen (secondary N) is 2. The van der Waals surface area contributed by atoms with E-state index in [1.807, 2.05) is 57.3 Å². The van der Waals surface area contributed by atoms with Crippen molar-refractivity contribution in [2.45, 2.75) is 39.8 Å². The molecule has 23 heavy (non-hydrogen) atoms. The van der Waals surface area contributed by atoms with E-state index in [2.05, 4.69) is 15.6 Å². The summed E-state index contributed by atoms with van der Waals surface area (Å²) >= 11 is 1.55. The molecule has 0 radical (unpaired) electrons. The molecule has 6 heteroatoms. The molecule has 2 rings (SSSR count). The summed E-state index contributed by atoms with van der Waals surface area (Å²) in [5.74, 6) is 0.811. The van der Waals surface area contributed by atoms with E-state index in [1.165, 1.54) is 0 Å². The molecule has 2 N–H and O–H groups in total. The third-order valence-corrected chi connectivity index (χ3v) is 4.52. The minimum Gasteiger partial charge on any atom is -0.494 e. The fourth-order valence-corrected chi connectivity index (χ4v) is 3.00. The van der Waals surface area contributed by atoms with Crippen molar-refractivity contribution in [3.63, 3.8) is 0 Å². The Morgan fingerprint density at radius 1 is 1.30 bits per heavy atom. The number of amides is 2. The van der Waals surface area contributed by atoms with Gasteiger partial charge in [0, 0.05) is 11.1 Å². The number of carbonyl (C=O) groups excluding carboxylic acids is 1. The van der Waals surface area contributed by atoms with Gasteiger partial charge in [0.05, 0.1) is 18.7 Å². The highest BCUT2D eigenvalue weighted by Gasteiger charge is 2.15. The van der Waals surface area contributed by atoms with E-state index in [1.54, 1.807) is 11.3 Å². The van der Waals surface area contributed by atoms with Crippen molar-refractivity contribution >= 4 is 17.4 Å². The van der Waals surface area contributed by atoms with E-state index < -0.39 is 0 Å². The van der Waals surface area contributed by atoms with Crippen LogP contribution < -0.4 is 15.4 Å². The molecule has 0 bridgehead atoms. The maximum atomic E-state index is 12.2. The first-order chi connectivity index (χ1) is 11.0. The van der Waals surface area contributed by atoms with Crippen LogP contribution in [0.25, 0.3) is 0 Å². The number of benzene rings is 1. The summed E-state index contributed by atoms with van der Waals surface area (Å²) in [6, 6.07) is 7.32. The Balaban J connectivity index is 1.92. The van der Waals surface area contributed by atoms with E-state index in [0.29, 0.717) is 6.61 Å². The van der Waals surface area contributed by atoms with Crippen LogP contribution in [0.4, 0.5) is 4.79 Å². The summed E-state index contributed by atoms with van der Waals surface area (Å²) in [4.78, 5) is 16.5. The molecular formula is C17H23N3O2S. The number of hydrogen-bond donors (Lipinski definition) is 2. The zero-order chi connectivity index (χ0) is 16.8. The Bertz CT molecular complexity index is 657. The van der Waals surface area contributed by atoms with Crippen molar-refractivity contribution in [1.82, 2.24) is 15.6 Å². The lowest BCUT2D eigenvalue weighted by Crippen LogP contribution is -2.38. The van der Waals surface area contributed by atoms with Crippen LogP contribution in [0.1, 0.15) is 49.1 Å². The zero-order valence-corrected chi connectivity index (χ0v) is 14.7. The summed E-state index contributed by atoms with van der Waals surface area (Å²) < 4.78 is 5.49. The molecule has 1 aromatic heterocycles. The van der Waals surface area contributed by atoms with Gasteiger partial charge in [-0.1, -0.05) is 12.1 Å². The smallest absolute Gasteiger partial charge is 0.315 e. The Morgan fingerprint density at radius 2 is 2.04 bits per heavy atom. The Morgan fingerprint density at radius 3 is 2.70 bits per heavy atom. The van der Waals surface area contributed by atoms with Gasteiger partial charge in [-0.25, -0.2) is 9.78 Å². The summed E-state index contributed by atoms with van der Waals surface area (Å²) in [5.41, 5.74) is 1.98. The third-order valence-electron chi connectivity index (χ3n) is 3.37. The fourth-order valence-electron chi connectivity index (χ4n) is 2.19. The zero-order valence-electron chi connectivity index (χ0n) is 13.9. The number of nitrogens with zero attached hydrogens (tertiary/aromatic N) is 1. The third kappa shape index (κ3) is 4.96. The van der Waals surface area contributed by atoms with Crippen LogP contribution in [-0.2, 0) is 0 Å². The predicted molar refractivity (Wildman–Crippen MR) is 93.0 cm³/mol. The normalized spacial score (nSPS) is 13.2. The maximum Gasteiger partial charge on any atom is 0.315 e. The average molecular weight is 333 g/mol. The Kier molecular flexibility index (Phi) is 5.98. The molecule has 0 saturated carbocycles. The van der Waals surface area contributed by atoms with Crippen molar-refractivity contribution in [3.8, 4) is 5.75 Å². The fraction of sp³-hybridized carbons (Fsp3) is 0.412. The highest BCUT2D eigenvalue weighted by molar-refractivity contribution is 7.09. The van der Waals surface area contributed by atoms with Crippen LogP contribution >= 0.6 is 11.3 Å². The van der Waals surface area contributed by atoms with E-state index in [9.17, 15) is 4.79 Å². The van der Waals surface area contributed by atoms with Crippen LogP contribution in [0.5, 0.6) is 5.75 Å². The van der Waals surface area contributed by atoms with Crippen molar-refractivity contribution in [1.29, 1.82) is 0 Å². The lowest BCUT2D eigenvalue weighted by Gasteiger charge is -2.18. The molecule has 1 aromatic carbocycles. The van der Waals surface area contributed by atoms with Gasteiger partial charge in [0.1, 0.15) is 10.8 Å². The molecule has 2 aromatic rings. The SMILES string of the molecule is CCOc1cccc(C(C)NC(=O)NC(C)c2nc(C)cs2)c1. The average Bonchev–Trinajstić information content (AvgIpc) is 2.94. The molecule has 2 amide bonds. The number of hydrogen-bond acceptors (Lipinski definition) is 4. The molecular weight excluding hydrogens is 310 g/mol. The molecule has 5 nitrogen and oxygen atoms in total. The van der Waals surface area contributed by atoms with Gasteiger partial charge in [-0.05, 0) is 45.4 Å². The van der Waals surface area contributed by atoms with E-state index in [-0.39, 0.29) is 18.1 Å². The van der Waals surface area contributed by atoms with Gasteiger partial charge in [-0.3, -0.25) is 0 Å². The molecule has 1 heterocycles. The molecule has 0 aliphatic rings. The number of urea groups is 1. The van der Waals surface area contributed by atoms with Crippen LogP contribution in [0.2, 0.25) is 0 Å². The first-order valence-electron chi connectivity index (χ1n) is 7.71. The molecule has 0 aliphatic carbocycles. The van der Waals surface area contributed by atoms with Gasteiger partial charge in [0.25, 0.3) is 0 Å². The highest BCUT2D eigenvalue weighted by atomic mass is 32.1. The maximum absolute atomic E-state index is 12.2. The number of thiazole rings is 1. The van der Waals surface area contributed by atoms with E-state index in [4.69, 9.17) is 4.74 Å². The first kappa shape index (κ1) is 17.3. The lowest BCUT2D eigenvalue weighted by atomic mass is 10.1. The molecule has 0 fully saturated rings. The molecule has 124 valence electrons. The second-order valence-corrected chi connectivity index (χ2v) is 6.28. The quantitative estimate of drug-likeness (QED) is 0.841. The molecule has 2 atom stereocenters. The van der Waals surface area contributed by atoms with Crippen molar-refractivity contribution in [2.75, 3.05) is 6.61 Å². The van der Waals surface area contributed by atoms with Crippen LogP contribution in [0.3, 0.4) is 0 Å². The van der Waals surface area contributed by atoms with Crippen molar-refractivity contribution < 1.29 is 9.53 Å². The summed E-state index contributed by atoms with van der Waals surface area (Å²) in [6.45, 7) is 8.39. The van der Waals surface area contributed by atoms with Crippen LogP contribution in [-0.4, -0.2) is 17.6 Å². The van der Waals surface area contributed by atoms with Gasteiger partial charge in [0.15, 0.2) is 0 Å². The number of aromatic nitrogens is 1. The largest absolute Gasteiger partial charge is 0.494 e. The molecule has 2 unspecified atom stereocenters. The second-order valence-electron chi connectivity index (χ2n) is 5.39. The van der Waals surface area contributed by atoms with Crippen LogP contribution in [0, 0.1) is 6.92 Å². The van der Waals surface area contributed by atoms with Gasteiger partial charge < -0.3 is 15.4 Å². The van der Waals surface area contributed by atoms with E-state index in [0.717, 1.165) is 22.0 Å². The summed E-state index contributed by atoms with van der Waals surface area (Å²) in [6.07, 6.45) is 0. The Hall–Kier alpha value is -2.08. The minimum atomic E-state index is -0.209.